The summed E-state index contributed by atoms with van der Waals surface area (Å²) < 4.78 is 18.7. The molecule has 3 nitrogen and oxygen atoms in total. The van der Waals surface area contributed by atoms with Crippen molar-refractivity contribution in [1.82, 2.24) is 5.32 Å². The maximum atomic E-state index is 13.4. The monoisotopic (exact) mass is 257 g/mol. The van der Waals surface area contributed by atoms with Crippen LogP contribution in [0.5, 0.6) is 0 Å². The van der Waals surface area contributed by atoms with E-state index in [0.29, 0.717) is 18.7 Å². The fourth-order valence-electron chi connectivity index (χ4n) is 1.74. The number of carbonyl (C=O) groups excluding carboxylic acids is 1. The zero-order chi connectivity index (χ0) is 12.4. The van der Waals surface area contributed by atoms with Gasteiger partial charge in [0.25, 0.3) is 0 Å². The van der Waals surface area contributed by atoms with Crippen LogP contribution in [0.4, 0.5) is 4.39 Å². The molecule has 1 heterocycles. The first-order valence-corrected chi connectivity index (χ1v) is 5.79. The molecule has 0 bridgehead atoms. The highest BCUT2D eigenvalue weighted by atomic mass is 35.5. The van der Waals surface area contributed by atoms with Crippen molar-refractivity contribution >= 4 is 17.4 Å². The Kier molecular flexibility index (Phi) is 3.76. The van der Waals surface area contributed by atoms with Crippen LogP contribution in [0, 0.1) is 12.7 Å². The Morgan fingerprint density at radius 1 is 1.59 bits per heavy atom. The molecule has 0 spiro atoms. The van der Waals surface area contributed by atoms with E-state index in [1.165, 1.54) is 12.1 Å². The molecule has 2 rings (SSSR count). The zero-order valence-electron chi connectivity index (χ0n) is 9.43. The van der Waals surface area contributed by atoms with Crippen LogP contribution in [0.25, 0.3) is 0 Å². The summed E-state index contributed by atoms with van der Waals surface area (Å²) in [7, 11) is 0. The standard InChI is InChI=1S/C12H13ClFNO2/c1-7-4-9(13)8(5-10(7)14)12(16)11-6-15-2-3-17-11/h4-5,11,15H,2-3,6H2,1H3. The molecule has 1 atom stereocenters. The van der Waals surface area contributed by atoms with Gasteiger partial charge in [0.05, 0.1) is 11.6 Å². The lowest BCUT2D eigenvalue weighted by Gasteiger charge is -2.22. The lowest BCUT2D eigenvalue weighted by Crippen LogP contribution is -2.43. The highest BCUT2D eigenvalue weighted by Crippen LogP contribution is 2.22. The number of ketones is 1. The first kappa shape index (κ1) is 12.5. The van der Waals surface area contributed by atoms with Crippen molar-refractivity contribution < 1.29 is 13.9 Å². The predicted octanol–water partition coefficient (Wildman–Crippen LogP) is 1.96. The predicted molar refractivity (Wildman–Crippen MR) is 63.1 cm³/mol. The molecule has 92 valence electrons. The molecule has 0 aliphatic carbocycles. The maximum absolute atomic E-state index is 13.4. The van der Waals surface area contributed by atoms with Gasteiger partial charge in [0, 0.05) is 18.7 Å². The van der Waals surface area contributed by atoms with Crippen molar-refractivity contribution in [2.45, 2.75) is 13.0 Å². The van der Waals surface area contributed by atoms with Gasteiger partial charge >= 0.3 is 0 Å². The summed E-state index contributed by atoms with van der Waals surface area (Å²) in [4.78, 5) is 12.1. The summed E-state index contributed by atoms with van der Waals surface area (Å²) in [6.07, 6.45) is -0.580. The van der Waals surface area contributed by atoms with Crippen molar-refractivity contribution in [3.63, 3.8) is 0 Å². The normalized spacial score (nSPS) is 20.3. The van der Waals surface area contributed by atoms with Gasteiger partial charge in [-0.15, -0.1) is 0 Å². The number of Topliss-reactive ketones (excluding diaryl/α,β-unsaturated/α-hetero) is 1. The number of aryl methyl sites for hydroxylation is 1. The molecular weight excluding hydrogens is 245 g/mol. The number of ether oxygens (including phenoxy) is 1. The number of halogens is 2. The molecule has 1 unspecified atom stereocenters. The molecule has 0 aromatic heterocycles. The quantitative estimate of drug-likeness (QED) is 0.823. The molecule has 1 aromatic carbocycles. The van der Waals surface area contributed by atoms with E-state index in [1.54, 1.807) is 6.92 Å². The first-order valence-electron chi connectivity index (χ1n) is 5.42. The van der Waals surface area contributed by atoms with E-state index in [0.717, 1.165) is 6.54 Å². The molecule has 5 heteroatoms. The van der Waals surface area contributed by atoms with Gasteiger partial charge < -0.3 is 10.1 Å². The summed E-state index contributed by atoms with van der Waals surface area (Å²) in [6, 6.07) is 2.64. The molecule has 0 amide bonds. The summed E-state index contributed by atoms with van der Waals surface area (Å²) in [5, 5.41) is 3.32. The second-order valence-corrected chi connectivity index (χ2v) is 4.42. The van der Waals surface area contributed by atoms with E-state index in [4.69, 9.17) is 16.3 Å². The van der Waals surface area contributed by atoms with E-state index in [1.807, 2.05) is 0 Å². The fourth-order valence-corrected chi connectivity index (χ4v) is 2.05. The minimum atomic E-state index is -0.580. The van der Waals surface area contributed by atoms with Crippen LogP contribution < -0.4 is 5.32 Å². The van der Waals surface area contributed by atoms with Crippen LogP contribution in [0.2, 0.25) is 5.02 Å². The van der Waals surface area contributed by atoms with Crippen LogP contribution >= 0.6 is 11.6 Å². The van der Waals surface area contributed by atoms with Gasteiger partial charge in [-0.25, -0.2) is 4.39 Å². The third-order valence-corrected chi connectivity index (χ3v) is 3.05. The van der Waals surface area contributed by atoms with Gasteiger partial charge in [-0.1, -0.05) is 11.6 Å². The highest BCUT2D eigenvalue weighted by molar-refractivity contribution is 6.34. The Bertz CT molecular complexity index is 444. The Hall–Kier alpha value is -0.970. The number of carbonyl (C=O) groups is 1. The van der Waals surface area contributed by atoms with Gasteiger partial charge in [-0.3, -0.25) is 4.79 Å². The van der Waals surface area contributed by atoms with Crippen molar-refractivity contribution in [2.75, 3.05) is 19.7 Å². The largest absolute Gasteiger partial charge is 0.367 e. The molecule has 1 fully saturated rings. The third kappa shape index (κ3) is 2.65. The van der Waals surface area contributed by atoms with E-state index in [9.17, 15) is 9.18 Å². The summed E-state index contributed by atoms with van der Waals surface area (Å²) in [5.41, 5.74) is 0.609. The Morgan fingerprint density at radius 3 is 3.00 bits per heavy atom. The van der Waals surface area contributed by atoms with Gasteiger partial charge in [0.1, 0.15) is 11.9 Å². The van der Waals surface area contributed by atoms with Crippen molar-refractivity contribution in [3.8, 4) is 0 Å². The van der Waals surface area contributed by atoms with Crippen LogP contribution in [-0.4, -0.2) is 31.6 Å². The number of hydrogen-bond donors (Lipinski definition) is 1. The Morgan fingerprint density at radius 2 is 2.35 bits per heavy atom. The first-order chi connectivity index (χ1) is 8.09. The minimum absolute atomic E-state index is 0.184. The smallest absolute Gasteiger partial charge is 0.194 e. The van der Waals surface area contributed by atoms with Crippen molar-refractivity contribution in [3.05, 3.63) is 34.1 Å². The number of morpholine rings is 1. The lowest BCUT2D eigenvalue weighted by atomic mass is 10.0. The maximum Gasteiger partial charge on any atom is 0.194 e. The molecule has 1 aromatic rings. The Labute approximate surface area is 104 Å². The van der Waals surface area contributed by atoms with Crippen LogP contribution in [-0.2, 0) is 4.74 Å². The number of hydrogen-bond acceptors (Lipinski definition) is 3. The Balaban J connectivity index is 2.26. The molecule has 1 aliphatic heterocycles. The van der Waals surface area contributed by atoms with Crippen molar-refractivity contribution in [2.24, 2.45) is 0 Å². The fraction of sp³-hybridized carbons (Fsp3) is 0.417. The molecule has 0 radical (unpaired) electrons. The minimum Gasteiger partial charge on any atom is -0.367 e. The van der Waals surface area contributed by atoms with E-state index >= 15 is 0 Å². The molecular formula is C12H13ClFNO2. The topological polar surface area (TPSA) is 38.3 Å². The average Bonchev–Trinajstić information content (AvgIpc) is 2.34. The number of nitrogens with one attached hydrogen (secondary N) is 1. The summed E-state index contributed by atoms with van der Waals surface area (Å²) in [6.45, 7) is 3.24. The van der Waals surface area contributed by atoms with Crippen LogP contribution in [0.3, 0.4) is 0 Å². The molecule has 1 saturated heterocycles. The lowest BCUT2D eigenvalue weighted by molar-refractivity contribution is 0.0269. The van der Waals surface area contributed by atoms with Gasteiger partial charge in [0.2, 0.25) is 0 Å². The third-order valence-electron chi connectivity index (χ3n) is 2.73. The van der Waals surface area contributed by atoms with Gasteiger partial charge in [-0.05, 0) is 24.6 Å². The molecule has 1 N–H and O–H groups in total. The molecule has 0 saturated carbocycles. The van der Waals surface area contributed by atoms with Gasteiger partial charge in [0.15, 0.2) is 5.78 Å². The number of benzene rings is 1. The number of rotatable bonds is 2. The summed E-state index contributed by atoms with van der Waals surface area (Å²) in [5.74, 6) is -0.706. The van der Waals surface area contributed by atoms with E-state index in [-0.39, 0.29) is 16.4 Å². The van der Waals surface area contributed by atoms with Crippen molar-refractivity contribution in [1.29, 1.82) is 0 Å². The second-order valence-electron chi connectivity index (χ2n) is 4.01. The average molecular weight is 258 g/mol. The molecule has 17 heavy (non-hydrogen) atoms. The van der Waals surface area contributed by atoms with E-state index < -0.39 is 11.9 Å². The second kappa shape index (κ2) is 5.12. The van der Waals surface area contributed by atoms with Crippen LogP contribution in [0.1, 0.15) is 15.9 Å². The zero-order valence-corrected chi connectivity index (χ0v) is 10.2. The SMILES string of the molecule is Cc1cc(Cl)c(C(=O)C2CNCCO2)cc1F. The summed E-state index contributed by atoms with van der Waals surface area (Å²) >= 11 is 5.95. The molecule has 1 aliphatic rings. The van der Waals surface area contributed by atoms with E-state index in [2.05, 4.69) is 5.32 Å². The van der Waals surface area contributed by atoms with Gasteiger partial charge in [-0.2, -0.15) is 0 Å². The van der Waals surface area contributed by atoms with Crippen LogP contribution in [0.15, 0.2) is 12.1 Å². The highest BCUT2D eigenvalue weighted by Gasteiger charge is 2.25.